The number of ether oxygens (including phenoxy) is 1. The highest BCUT2D eigenvalue weighted by atomic mass is 16.5. The summed E-state index contributed by atoms with van der Waals surface area (Å²) in [6, 6.07) is 0.601. The first-order chi connectivity index (χ1) is 8.24. The van der Waals surface area contributed by atoms with E-state index in [1.165, 1.54) is 38.8 Å². The predicted molar refractivity (Wildman–Crippen MR) is 73.5 cm³/mol. The van der Waals surface area contributed by atoms with E-state index >= 15 is 0 Å². The number of morpholine rings is 1. The number of nitrogens with zero attached hydrogens (tertiary/aromatic N) is 1. The second kappa shape index (κ2) is 8.90. The molecule has 0 radical (unpaired) electrons. The zero-order valence-electron chi connectivity index (χ0n) is 11.9. The van der Waals surface area contributed by atoms with Crippen LogP contribution in [-0.2, 0) is 4.74 Å². The Hall–Kier alpha value is -0.120. The van der Waals surface area contributed by atoms with Gasteiger partial charge >= 0.3 is 0 Å². The van der Waals surface area contributed by atoms with Crippen molar-refractivity contribution >= 4 is 0 Å². The summed E-state index contributed by atoms with van der Waals surface area (Å²) in [7, 11) is 0. The van der Waals surface area contributed by atoms with Crippen molar-refractivity contribution in [2.24, 2.45) is 0 Å². The fourth-order valence-electron chi connectivity index (χ4n) is 2.33. The van der Waals surface area contributed by atoms with Gasteiger partial charge in [-0.3, -0.25) is 4.90 Å². The first kappa shape index (κ1) is 14.9. The number of nitrogens with one attached hydrogen (secondary N) is 1. The fourth-order valence-corrected chi connectivity index (χ4v) is 2.33. The van der Waals surface area contributed by atoms with Gasteiger partial charge in [0.15, 0.2) is 0 Å². The van der Waals surface area contributed by atoms with E-state index in [0.29, 0.717) is 12.1 Å². The van der Waals surface area contributed by atoms with Gasteiger partial charge in [-0.15, -0.1) is 0 Å². The van der Waals surface area contributed by atoms with Crippen LogP contribution >= 0.6 is 0 Å². The van der Waals surface area contributed by atoms with Gasteiger partial charge in [0.1, 0.15) is 0 Å². The van der Waals surface area contributed by atoms with Crippen molar-refractivity contribution in [3.63, 3.8) is 0 Å². The van der Waals surface area contributed by atoms with E-state index < -0.39 is 0 Å². The van der Waals surface area contributed by atoms with Crippen molar-refractivity contribution in [2.45, 2.75) is 58.6 Å². The maximum absolute atomic E-state index is 5.64. The minimum Gasteiger partial charge on any atom is -0.376 e. The minimum absolute atomic E-state index is 0.414. The van der Waals surface area contributed by atoms with Gasteiger partial charge in [0, 0.05) is 12.6 Å². The summed E-state index contributed by atoms with van der Waals surface area (Å²) >= 11 is 0. The van der Waals surface area contributed by atoms with Crippen LogP contribution in [0.1, 0.15) is 46.5 Å². The van der Waals surface area contributed by atoms with Crippen molar-refractivity contribution in [2.75, 3.05) is 32.8 Å². The van der Waals surface area contributed by atoms with E-state index in [2.05, 4.69) is 31.0 Å². The summed E-state index contributed by atoms with van der Waals surface area (Å²) < 4.78 is 5.64. The molecule has 0 amide bonds. The van der Waals surface area contributed by atoms with Crippen molar-refractivity contribution in [1.29, 1.82) is 0 Å². The quantitative estimate of drug-likeness (QED) is 0.661. The van der Waals surface area contributed by atoms with E-state index in [1.807, 2.05) is 0 Å². The molecule has 1 N–H and O–H groups in total. The first-order valence-electron chi connectivity index (χ1n) is 7.30. The molecule has 0 saturated carbocycles. The molecule has 1 heterocycles. The Morgan fingerprint density at radius 1 is 1.18 bits per heavy atom. The molecule has 1 rings (SSSR count). The molecule has 1 fully saturated rings. The molecule has 0 spiro atoms. The SMILES string of the molecule is CCCNCCCCCN1CC(C)OCC1C. The summed E-state index contributed by atoms with van der Waals surface area (Å²) in [4.78, 5) is 2.58. The van der Waals surface area contributed by atoms with Crippen molar-refractivity contribution < 1.29 is 4.74 Å². The van der Waals surface area contributed by atoms with E-state index in [0.717, 1.165) is 19.7 Å². The van der Waals surface area contributed by atoms with Gasteiger partial charge in [0.2, 0.25) is 0 Å². The van der Waals surface area contributed by atoms with Crippen LogP contribution in [0, 0.1) is 0 Å². The van der Waals surface area contributed by atoms with Crippen LogP contribution in [0.5, 0.6) is 0 Å². The van der Waals surface area contributed by atoms with Gasteiger partial charge in [-0.2, -0.15) is 0 Å². The molecule has 3 nitrogen and oxygen atoms in total. The third-order valence-electron chi connectivity index (χ3n) is 3.46. The molecule has 0 aromatic rings. The first-order valence-corrected chi connectivity index (χ1v) is 7.30. The van der Waals surface area contributed by atoms with Crippen LogP contribution in [0.25, 0.3) is 0 Å². The van der Waals surface area contributed by atoms with Crippen molar-refractivity contribution in [3.8, 4) is 0 Å². The molecule has 17 heavy (non-hydrogen) atoms. The summed E-state index contributed by atoms with van der Waals surface area (Å²) in [6.45, 7) is 12.3. The lowest BCUT2D eigenvalue weighted by Gasteiger charge is -2.36. The van der Waals surface area contributed by atoms with Crippen LogP contribution in [0.15, 0.2) is 0 Å². The molecule has 1 aliphatic heterocycles. The lowest BCUT2D eigenvalue weighted by atomic mass is 10.1. The Kier molecular flexibility index (Phi) is 7.82. The Morgan fingerprint density at radius 3 is 2.76 bits per heavy atom. The number of unbranched alkanes of at least 4 members (excludes halogenated alkanes) is 2. The fraction of sp³-hybridized carbons (Fsp3) is 1.00. The minimum atomic E-state index is 0.414. The summed E-state index contributed by atoms with van der Waals surface area (Å²) in [5.41, 5.74) is 0. The Balaban J connectivity index is 1.97. The van der Waals surface area contributed by atoms with Crippen LogP contribution in [-0.4, -0.2) is 49.8 Å². The lowest BCUT2D eigenvalue weighted by Crippen LogP contribution is -2.47. The third kappa shape index (κ3) is 6.39. The van der Waals surface area contributed by atoms with Crippen LogP contribution in [0.4, 0.5) is 0 Å². The lowest BCUT2D eigenvalue weighted by molar-refractivity contribution is -0.0496. The summed E-state index contributed by atoms with van der Waals surface area (Å²) in [5, 5.41) is 3.46. The molecule has 1 saturated heterocycles. The largest absolute Gasteiger partial charge is 0.376 e. The average molecular weight is 242 g/mol. The van der Waals surface area contributed by atoms with Crippen molar-refractivity contribution in [1.82, 2.24) is 10.2 Å². The molecule has 0 aromatic heterocycles. The number of hydrogen-bond acceptors (Lipinski definition) is 3. The zero-order chi connectivity index (χ0) is 12.5. The summed E-state index contributed by atoms with van der Waals surface area (Å²) in [6.07, 6.45) is 5.63. The van der Waals surface area contributed by atoms with Crippen LogP contribution in [0.3, 0.4) is 0 Å². The van der Waals surface area contributed by atoms with Crippen LogP contribution < -0.4 is 5.32 Å². The molecule has 2 atom stereocenters. The van der Waals surface area contributed by atoms with Gasteiger partial charge in [0.25, 0.3) is 0 Å². The Labute approximate surface area is 107 Å². The highest BCUT2D eigenvalue weighted by Crippen LogP contribution is 2.12. The van der Waals surface area contributed by atoms with E-state index in [-0.39, 0.29) is 0 Å². The average Bonchev–Trinajstić information content (AvgIpc) is 2.32. The van der Waals surface area contributed by atoms with Gasteiger partial charge in [-0.25, -0.2) is 0 Å². The number of hydrogen-bond donors (Lipinski definition) is 1. The Bertz CT molecular complexity index is 187. The molecule has 2 unspecified atom stereocenters. The highest BCUT2D eigenvalue weighted by Gasteiger charge is 2.22. The van der Waals surface area contributed by atoms with Crippen LogP contribution in [0.2, 0.25) is 0 Å². The monoisotopic (exact) mass is 242 g/mol. The molecular formula is C14H30N2O. The molecule has 102 valence electrons. The highest BCUT2D eigenvalue weighted by molar-refractivity contribution is 4.74. The molecular weight excluding hydrogens is 212 g/mol. The Morgan fingerprint density at radius 2 is 2.00 bits per heavy atom. The topological polar surface area (TPSA) is 24.5 Å². The van der Waals surface area contributed by atoms with Gasteiger partial charge in [0.05, 0.1) is 12.7 Å². The maximum atomic E-state index is 5.64. The predicted octanol–water partition coefficient (Wildman–Crippen LogP) is 2.27. The molecule has 0 aliphatic carbocycles. The molecule has 0 aromatic carbocycles. The van der Waals surface area contributed by atoms with E-state index in [9.17, 15) is 0 Å². The second-order valence-electron chi connectivity index (χ2n) is 5.30. The van der Waals surface area contributed by atoms with Gasteiger partial charge in [-0.1, -0.05) is 13.3 Å². The second-order valence-corrected chi connectivity index (χ2v) is 5.30. The zero-order valence-corrected chi connectivity index (χ0v) is 11.9. The molecule has 3 heteroatoms. The van der Waals surface area contributed by atoms with Gasteiger partial charge in [-0.05, 0) is 52.7 Å². The molecule has 1 aliphatic rings. The normalized spacial score (nSPS) is 26.3. The smallest absolute Gasteiger partial charge is 0.0674 e. The third-order valence-corrected chi connectivity index (χ3v) is 3.46. The number of rotatable bonds is 8. The van der Waals surface area contributed by atoms with Gasteiger partial charge < -0.3 is 10.1 Å². The van der Waals surface area contributed by atoms with E-state index in [4.69, 9.17) is 4.74 Å². The molecule has 0 bridgehead atoms. The maximum Gasteiger partial charge on any atom is 0.0674 e. The van der Waals surface area contributed by atoms with Crippen molar-refractivity contribution in [3.05, 3.63) is 0 Å². The van der Waals surface area contributed by atoms with E-state index in [1.54, 1.807) is 0 Å². The standard InChI is InChI=1S/C14H30N2O/c1-4-8-15-9-6-5-7-10-16-11-14(3)17-12-13(16)2/h13-15H,4-12H2,1-3H3. The summed E-state index contributed by atoms with van der Waals surface area (Å²) in [5.74, 6) is 0.